The van der Waals surface area contributed by atoms with Crippen molar-refractivity contribution in [3.05, 3.63) is 23.2 Å². The van der Waals surface area contributed by atoms with E-state index in [4.69, 9.17) is 21.1 Å². The first-order valence-corrected chi connectivity index (χ1v) is 6.30. The average Bonchev–Trinajstić information content (AvgIpc) is 2.41. The van der Waals surface area contributed by atoms with Crippen LogP contribution in [0.4, 0.5) is 5.69 Å². The Balaban J connectivity index is 2.06. The Morgan fingerprint density at radius 3 is 2.83 bits per heavy atom. The topological polar surface area (TPSA) is 47.6 Å². The van der Waals surface area contributed by atoms with Crippen molar-refractivity contribution < 1.29 is 14.3 Å². The van der Waals surface area contributed by atoms with E-state index >= 15 is 0 Å². The van der Waals surface area contributed by atoms with Gasteiger partial charge < -0.3 is 14.8 Å². The molecule has 0 aromatic heterocycles. The molecule has 1 aromatic rings. The molecule has 18 heavy (non-hydrogen) atoms. The predicted molar refractivity (Wildman–Crippen MR) is 70.2 cm³/mol. The van der Waals surface area contributed by atoms with Gasteiger partial charge in [0.1, 0.15) is 5.75 Å². The molecule has 2 rings (SSSR count). The molecule has 0 unspecified atom stereocenters. The number of ether oxygens (including phenoxy) is 2. The highest BCUT2D eigenvalue weighted by Crippen LogP contribution is 2.28. The fraction of sp³-hybridized carbons (Fsp3) is 0.462. The molecule has 1 heterocycles. The van der Waals surface area contributed by atoms with Crippen LogP contribution >= 0.6 is 11.6 Å². The van der Waals surface area contributed by atoms with Gasteiger partial charge in [0.25, 0.3) is 0 Å². The van der Waals surface area contributed by atoms with E-state index in [1.807, 2.05) is 0 Å². The second-order valence-corrected chi connectivity index (χ2v) is 4.66. The van der Waals surface area contributed by atoms with Gasteiger partial charge in [0.05, 0.1) is 12.8 Å². The molecule has 1 aromatic carbocycles. The molecule has 0 saturated carbocycles. The monoisotopic (exact) mass is 269 g/mol. The second-order valence-electron chi connectivity index (χ2n) is 4.22. The number of rotatable bonds is 3. The van der Waals surface area contributed by atoms with Crippen LogP contribution in [0.15, 0.2) is 18.2 Å². The van der Waals surface area contributed by atoms with Crippen LogP contribution in [0.5, 0.6) is 5.75 Å². The molecule has 1 fully saturated rings. The summed E-state index contributed by atoms with van der Waals surface area (Å²) in [4.78, 5) is 12.1. The van der Waals surface area contributed by atoms with Crippen LogP contribution in [0, 0.1) is 5.92 Å². The zero-order chi connectivity index (χ0) is 13.0. The van der Waals surface area contributed by atoms with Crippen molar-refractivity contribution in [3.63, 3.8) is 0 Å². The van der Waals surface area contributed by atoms with Gasteiger partial charge in [-0.1, -0.05) is 11.6 Å². The molecule has 98 valence electrons. The lowest BCUT2D eigenvalue weighted by atomic mass is 9.99. The highest BCUT2D eigenvalue weighted by Gasteiger charge is 2.22. The van der Waals surface area contributed by atoms with E-state index in [1.54, 1.807) is 25.3 Å². The zero-order valence-electron chi connectivity index (χ0n) is 10.2. The van der Waals surface area contributed by atoms with E-state index in [9.17, 15) is 4.79 Å². The summed E-state index contributed by atoms with van der Waals surface area (Å²) in [6.07, 6.45) is 1.53. The Hall–Kier alpha value is -1.26. The number of hydrogen-bond donors (Lipinski definition) is 1. The number of hydrogen-bond acceptors (Lipinski definition) is 3. The van der Waals surface area contributed by atoms with Gasteiger partial charge in [0.2, 0.25) is 5.91 Å². The van der Waals surface area contributed by atoms with Crippen molar-refractivity contribution >= 4 is 23.2 Å². The minimum absolute atomic E-state index is 0.0129. The SMILES string of the molecule is COc1cc(Cl)ccc1NC(=O)C1CCOCC1. The second kappa shape index (κ2) is 6.07. The van der Waals surface area contributed by atoms with Gasteiger partial charge in [0, 0.05) is 30.2 Å². The molecule has 0 radical (unpaired) electrons. The van der Waals surface area contributed by atoms with Crippen molar-refractivity contribution in [1.82, 2.24) is 0 Å². The maximum atomic E-state index is 12.1. The van der Waals surface area contributed by atoms with Crippen LogP contribution in [0.3, 0.4) is 0 Å². The quantitative estimate of drug-likeness (QED) is 0.918. The van der Waals surface area contributed by atoms with Crippen molar-refractivity contribution in [2.24, 2.45) is 5.92 Å². The first-order valence-electron chi connectivity index (χ1n) is 5.93. The number of benzene rings is 1. The minimum atomic E-state index is 0.0129. The number of carbonyl (C=O) groups excluding carboxylic acids is 1. The molecular formula is C13H16ClNO3. The molecule has 1 amide bonds. The van der Waals surface area contributed by atoms with Crippen molar-refractivity contribution in [1.29, 1.82) is 0 Å². The predicted octanol–water partition coefficient (Wildman–Crippen LogP) is 2.71. The van der Waals surface area contributed by atoms with Crippen LogP contribution in [0.2, 0.25) is 5.02 Å². The third-order valence-electron chi connectivity index (χ3n) is 3.01. The number of anilines is 1. The average molecular weight is 270 g/mol. The van der Waals surface area contributed by atoms with Gasteiger partial charge in [-0.2, -0.15) is 0 Å². The molecule has 1 N–H and O–H groups in total. The summed E-state index contributed by atoms with van der Waals surface area (Å²) in [5.74, 6) is 0.598. The van der Waals surface area contributed by atoms with Crippen molar-refractivity contribution in [2.45, 2.75) is 12.8 Å². The van der Waals surface area contributed by atoms with Crippen molar-refractivity contribution in [3.8, 4) is 5.75 Å². The fourth-order valence-corrected chi connectivity index (χ4v) is 2.12. The number of carbonyl (C=O) groups is 1. The summed E-state index contributed by atoms with van der Waals surface area (Å²) >= 11 is 5.87. The van der Waals surface area contributed by atoms with Gasteiger partial charge >= 0.3 is 0 Å². The molecule has 1 aliphatic rings. The summed E-state index contributed by atoms with van der Waals surface area (Å²) in [6.45, 7) is 1.30. The molecule has 0 atom stereocenters. The maximum absolute atomic E-state index is 12.1. The molecule has 0 spiro atoms. The number of amides is 1. The smallest absolute Gasteiger partial charge is 0.227 e. The van der Waals surface area contributed by atoms with Gasteiger partial charge in [-0.15, -0.1) is 0 Å². The molecule has 4 nitrogen and oxygen atoms in total. The highest BCUT2D eigenvalue weighted by molar-refractivity contribution is 6.30. The Bertz CT molecular complexity index is 430. The summed E-state index contributed by atoms with van der Waals surface area (Å²) in [7, 11) is 1.55. The van der Waals surface area contributed by atoms with Gasteiger partial charge in [0.15, 0.2) is 0 Å². The lowest BCUT2D eigenvalue weighted by Crippen LogP contribution is -2.28. The van der Waals surface area contributed by atoms with Gasteiger partial charge in [-0.05, 0) is 25.0 Å². The molecular weight excluding hydrogens is 254 g/mol. The summed E-state index contributed by atoms with van der Waals surface area (Å²) in [5, 5.41) is 3.46. The number of nitrogens with one attached hydrogen (secondary N) is 1. The zero-order valence-corrected chi connectivity index (χ0v) is 11.0. The maximum Gasteiger partial charge on any atom is 0.227 e. The van der Waals surface area contributed by atoms with E-state index in [1.165, 1.54) is 0 Å². The van der Waals surface area contributed by atoms with E-state index in [0.29, 0.717) is 29.7 Å². The molecule has 0 aliphatic carbocycles. The van der Waals surface area contributed by atoms with Crippen LogP contribution in [0.25, 0.3) is 0 Å². The largest absolute Gasteiger partial charge is 0.495 e. The van der Waals surface area contributed by atoms with E-state index in [-0.39, 0.29) is 11.8 Å². The van der Waals surface area contributed by atoms with Crippen LogP contribution < -0.4 is 10.1 Å². The van der Waals surface area contributed by atoms with Gasteiger partial charge in [-0.3, -0.25) is 4.79 Å². The Morgan fingerprint density at radius 1 is 1.44 bits per heavy atom. The van der Waals surface area contributed by atoms with Gasteiger partial charge in [-0.25, -0.2) is 0 Å². The molecule has 0 bridgehead atoms. The normalized spacial score (nSPS) is 16.3. The first kappa shape index (κ1) is 13.2. The number of halogens is 1. The third kappa shape index (κ3) is 3.15. The number of methoxy groups -OCH3 is 1. The molecule has 1 aliphatic heterocycles. The Labute approximate surface area is 111 Å². The molecule has 5 heteroatoms. The lowest BCUT2D eigenvalue weighted by Gasteiger charge is -2.21. The third-order valence-corrected chi connectivity index (χ3v) is 3.25. The van der Waals surface area contributed by atoms with Crippen LogP contribution in [-0.4, -0.2) is 26.2 Å². The highest BCUT2D eigenvalue weighted by atomic mass is 35.5. The lowest BCUT2D eigenvalue weighted by molar-refractivity contribution is -0.122. The summed E-state index contributed by atoms with van der Waals surface area (Å²) in [6, 6.07) is 5.16. The standard InChI is InChI=1S/C13H16ClNO3/c1-17-12-8-10(14)2-3-11(12)15-13(16)9-4-6-18-7-5-9/h2-3,8-9H,4-7H2,1H3,(H,15,16). The van der Waals surface area contributed by atoms with Crippen LogP contribution in [0.1, 0.15) is 12.8 Å². The summed E-state index contributed by atoms with van der Waals surface area (Å²) < 4.78 is 10.4. The molecule has 1 saturated heterocycles. The Morgan fingerprint density at radius 2 is 2.17 bits per heavy atom. The van der Waals surface area contributed by atoms with Crippen molar-refractivity contribution in [2.75, 3.05) is 25.6 Å². The van der Waals surface area contributed by atoms with E-state index < -0.39 is 0 Å². The fourth-order valence-electron chi connectivity index (χ4n) is 1.96. The first-order chi connectivity index (χ1) is 8.70. The van der Waals surface area contributed by atoms with E-state index in [0.717, 1.165) is 12.8 Å². The Kier molecular flexibility index (Phi) is 4.44. The minimum Gasteiger partial charge on any atom is -0.495 e. The van der Waals surface area contributed by atoms with Crippen LogP contribution in [-0.2, 0) is 9.53 Å². The summed E-state index contributed by atoms with van der Waals surface area (Å²) in [5.41, 5.74) is 0.651. The van der Waals surface area contributed by atoms with E-state index in [2.05, 4.69) is 5.32 Å².